The van der Waals surface area contributed by atoms with Gasteiger partial charge in [-0.15, -0.1) is 0 Å². The fourth-order valence-electron chi connectivity index (χ4n) is 2.13. The Bertz CT molecular complexity index is 700. The minimum Gasteiger partial charge on any atom is -0.158 e. The molecule has 0 atom stereocenters. The third-order valence-corrected chi connectivity index (χ3v) is 3.16. The Morgan fingerprint density at radius 2 is 1.56 bits per heavy atom. The molecule has 2 heteroatoms. The molecule has 3 rings (SSSR count). The van der Waals surface area contributed by atoms with Crippen LogP contribution in [0.15, 0.2) is 48.7 Å². The van der Waals surface area contributed by atoms with Crippen molar-refractivity contribution in [2.75, 3.05) is 0 Å². The number of hydrogen-bond acceptors (Lipinski definition) is 2. The van der Waals surface area contributed by atoms with Crippen LogP contribution in [0.2, 0.25) is 0 Å². The fourth-order valence-corrected chi connectivity index (χ4v) is 2.13. The van der Waals surface area contributed by atoms with E-state index in [2.05, 4.69) is 60.4 Å². The maximum atomic E-state index is 4.18. The number of hydrogen-bond donors (Lipinski definition) is 0. The van der Waals surface area contributed by atoms with E-state index in [0.29, 0.717) is 0 Å². The van der Waals surface area contributed by atoms with Crippen LogP contribution in [0, 0.1) is 13.8 Å². The molecule has 0 unspecified atom stereocenters. The number of benzene rings is 2. The van der Waals surface area contributed by atoms with Gasteiger partial charge in [-0.2, -0.15) is 10.2 Å². The summed E-state index contributed by atoms with van der Waals surface area (Å²) in [6, 6.07) is 14.8. The van der Waals surface area contributed by atoms with E-state index in [1.54, 1.807) is 0 Å². The van der Waals surface area contributed by atoms with Crippen molar-refractivity contribution in [2.24, 2.45) is 0 Å². The topological polar surface area (TPSA) is 25.8 Å². The average Bonchev–Trinajstić information content (AvgIpc) is 2.39. The molecule has 0 aliphatic rings. The van der Waals surface area contributed by atoms with Crippen molar-refractivity contribution in [3.63, 3.8) is 0 Å². The molecule has 0 saturated heterocycles. The van der Waals surface area contributed by atoms with E-state index in [1.807, 2.05) is 12.3 Å². The van der Waals surface area contributed by atoms with Crippen LogP contribution in [-0.4, -0.2) is 10.2 Å². The van der Waals surface area contributed by atoms with Gasteiger partial charge in [-0.1, -0.05) is 41.5 Å². The Balaban J connectivity index is 2.28. The monoisotopic (exact) mass is 234 g/mol. The molecule has 0 bridgehead atoms. The van der Waals surface area contributed by atoms with E-state index in [1.165, 1.54) is 16.7 Å². The Labute approximate surface area is 106 Å². The molecule has 0 saturated carbocycles. The summed E-state index contributed by atoms with van der Waals surface area (Å²) >= 11 is 0. The summed E-state index contributed by atoms with van der Waals surface area (Å²) in [6.07, 6.45) is 1.84. The molecule has 18 heavy (non-hydrogen) atoms. The predicted molar refractivity (Wildman–Crippen MR) is 74.4 cm³/mol. The van der Waals surface area contributed by atoms with Crippen molar-refractivity contribution >= 4 is 10.9 Å². The van der Waals surface area contributed by atoms with Crippen LogP contribution >= 0.6 is 0 Å². The first-order valence-electron chi connectivity index (χ1n) is 6.03. The molecule has 3 aromatic rings. The van der Waals surface area contributed by atoms with E-state index >= 15 is 0 Å². The van der Waals surface area contributed by atoms with Crippen LogP contribution in [0.4, 0.5) is 0 Å². The summed E-state index contributed by atoms with van der Waals surface area (Å²) in [6.45, 7) is 4.19. The minimum atomic E-state index is 0.943. The number of fused-ring (bicyclic) bond motifs is 1. The molecule has 0 spiro atoms. The molecule has 0 fully saturated rings. The lowest BCUT2D eigenvalue weighted by Gasteiger charge is -2.06. The summed E-state index contributed by atoms with van der Waals surface area (Å²) in [5.74, 6) is 0. The molecule has 2 aromatic carbocycles. The summed E-state index contributed by atoms with van der Waals surface area (Å²) in [5.41, 5.74) is 5.78. The van der Waals surface area contributed by atoms with Gasteiger partial charge < -0.3 is 0 Å². The van der Waals surface area contributed by atoms with Crippen LogP contribution in [-0.2, 0) is 0 Å². The summed E-state index contributed by atoms with van der Waals surface area (Å²) in [5, 5.41) is 9.43. The number of aromatic nitrogens is 2. The van der Waals surface area contributed by atoms with Crippen molar-refractivity contribution in [2.45, 2.75) is 13.8 Å². The van der Waals surface area contributed by atoms with Gasteiger partial charge in [-0.3, -0.25) is 0 Å². The van der Waals surface area contributed by atoms with Gasteiger partial charge in [0, 0.05) is 10.9 Å². The Morgan fingerprint density at radius 1 is 0.833 bits per heavy atom. The van der Waals surface area contributed by atoms with Gasteiger partial charge in [-0.25, -0.2) is 0 Å². The van der Waals surface area contributed by atoms with E-state index in [0.717, 1.165) is 16.5 Å². The lowest BCUT2D eigenvalue weighted by Crippen LogP contribution is -1.89. The quantitative estimate of drug-likeness (QED) is 0.638. The molecule has 2 nitrogen and oxygen atoms in total. The third-order valence-electron chi connectivity index (χ3n) is 3.16. The summed E-state index contributed by atoms with van der Waals surface area (Å²) < 4.78 is 0. The second kappa shape index (κ2) is 4.22. The maximum Gasteiger partial charge on any atom is 0.0936 e. The van der Waals surface area contributed by atoms with E-state index < -0.39 is 0 Å². The lowest BCUT2D eigenvalue weighted by molar-refractivity contribution is 1.08. The zero-order valence-corrected chi connectivity index (χ0v) is 10.5. The maximum absolute atomic E-state index is 4.18. The van der Waals surface area contributed by atoms with Crippen LogP contribution in [0.1, 0.15) is 11.1 Å². The van der Waals surface area contributed by atoms with Gasteiger partial charge in [-0.05, 0) is 31.5 Å². The van der Waals surface area contributed by atoms with Crippen molar-refractivity contribution in [1.82, 2.24) is 10.2 Å². The van der Waals surface area contributed by atoms with Gasteiger partial charge in [0.25, 0.3) is 0 Å². The fraction of sp³-hybridized carbons (Fsp3) is 0.125. The van der Waals surface area contributed by atoms with Crippen LogP contribution in [0.25, 0.3) is 22.0 Å². The summed E-state index contributed by atoms with van der Waals surface area (Å²) in [4.78, 5) is 0. The van der Waals surface area contributed by atoms with Crippen LogP contribution in [0.3, 0.4) is 0 Å². The molecule has 0 aliphatic heterocycles. The highest BCUT2D eigenvalue weighted by Crippen LogP contribution is 2.27. The number of aryl methyl sites for hydroxylation is 2. The molecular weight excluding hydrogens is 220 g/mol. The van der Waals surface area contributed by atoms with Gasteiger partial charge in [0.15, 0.2) is 0 Å². The predicted octanol–water partition coefficient (Wildman–Crippen LogP) is 3.91. The zero-order chi connectivity index (χ0) is 12.5. The van der Waals surface area contributed by atoms with Gasteiger partial charge in [0.2, 0.25) is 0 Å². The first-order valence-corrected chi connectivity index (χ1v) is 6.03. The molecule has 1 heterocycles. The van der Waals surface area contributed by atoms with Crippen molar-refractivity contribution in [3.8, 4) is 11.1 Å². The summed E-state index contributed by atoms with van der Waals surface area (Å²) in [7, 11) is 0. The van der Waals surface area contributed by atoms with E-state index in [4.69, 9.17) is 0 Å². The minimum absolute atomic E-state index is 0.943. The first kappa shape index (κ1) is 10.9. The average molecular weight is 234 g/mol. The molecule has 0 amide bonds. The first-order chi connectivity index (χ1) is 8.74. The highest BCUT2D eigenvalue weighted by atomic mass is 15.1. The van der Waals surface area contributed by atoms with Gasteiger partial charge in [0.1, 0.15) is 0 Å². The van der Waals surface area contributed by atoms with Crippen LogP contribution in [0.5, 0.6) is 0 Å². The normalized spacial score (nSPS) is 10.8. The molecular formula is C16H14N2. The SMILES string of the molecule is Cc1ccc(-c2cnnc3ccc(C)cc23)cc1. The standard InChI is InChI=1S/C16H14N2/c1-11-3-6-13(7-4-11)15-10-17-18-16-8-5-12(2)9-14(15)16/h3-10H,1-2H3. The highest BCUT2D eigenvalue weighted by Gasteiger charge is 2.05. The Hall–Kier alpha value is -2.22. The largest absolute Gasteiger partial charge is 0.158 e. The molecule has 0 N–H and O–H groups in total. The van der Waals surface area contributed by atoms with Crippen molar-refractivity contribution in [3.05, 3.63) is 59.8 Å². The smallest absolute Gasteiger partial charge is 0.0936 e. The second-order valence-electron chi connectivity index (χ2n) is 4.64. The highest BCUT2D eigenvalue weighted by molar-refractivity contribution is 5.94. The van der Waals surface area contributed by atoms with E-state index in [-0.39, 0.29) is 0 Å². The Morgan fingerprint density at radius 3 is 2.33 bits per heavy atom. The molecule has 1 aromatic heterocycles. The number of nitrogens with zero attached hydrogens (tertiary/aromatic N) is 2. The van der Waals surface area contributed by atoms with Crippen molar-refractivity contribution in [1.29, 1.82) is 0 Å². The zero-order valence-electron chi connectivity index (χ0n) is 10.5. The van der Waals surface area contributed by atoms with E-state index in [9.17, 15) is 0 Å². The van der Waals surface area contributed by atoms with Crippen LogP contribution < -0.4 is 0 Å². The van der Waals surface area contributed by atoms with Gasteiger partial charge >= 0.3 is 0 Å². The third kappa shape index (κ3) is 1.86. The lowest BCUT2D eigenvalue weighted by atomic mass is 10.0. The van der Waals surface area contributed by atoms with Gasteiger partial charge in [0.05, 0.1) is 11.7 Å². The molecule has 0 aliphatic carbocycles. The second-order valence-corrected chi connectivity index (χ2v) is 4.64. The number of rotatable bonds is 1. The van der Waals surface area contributed by atoms with Crippen molar-refractivity contribution < 1.29 is 0 Å². The molecule has 88 valence electrons. The Kier molecular flexibility index (Phi) is 2.56. The molecule has 0 radical (unpaired) electrons.